The number of carbonyl (C=O) groups is 1. The Morgan fingerprint density at radius 2 is 2.04 bits per heavy atom. The number of para-hydroxylation sites is 1. The summed E-state index contributed by atoms with van der Waals surface area (Å²) in [5.74, 6) is 0.0889. The van der Waals surface area contributed by atoms with Gasteiger partial charge in [-0.1, -0.05) is 36.4 Å². The molecular weight excluding hydrogens is 358 g/mol. The fraction of sp³-hybridized carbons (Fsp3) is 0.318. The van der Waals surface area contributed by atoms with Crippen LogP contribution in [0.15, 0.2) is 54.6 Å². The molecule has 1 aliphatic heterocycles. The van der Waals surface area contributed by atoms with E-state index in [9.17, 15) is 9.90 Å². The summed E-state index contributed by atoms with van der Waals surface area (Å²) < 4.78 is 7.12. The van der Waals surface area contributed by atoms with E-state index in [-0.39, 0.29) is 6.04 Å². The molecule has 0 spiro atoms. The minimum absolute atomic E-state index is 0.117. The number of aliphatic carboxylic acids is 1. The highest BCUT2D eigenvalue weighted by Gasteiger charge is 2.38. The Morgan fingerprint density at radius 1 is 1.26 bits per heavy atom. The molecule has 1 N–H and O–H groups in total. The molecule has 4 nitrogen and oxygen atoms in total. The van der Waals surface area contributed by atoms with Gasteiger partial charge in [-0.25, -0.2) is 0 Å². The molecule has 1 fully saturated rings. The maximum absolute atomic E-state index is 11.9. The Hall–Kier alpha value is -2.37. The van der Waals surface area contributed by atoms with Crippen LogP contribution in [0.3, 0.4) is 0 Å². The quantitative estimate of drug-likeness (QED) is 0.657. The summed E-state index contributed by atoms with van der Waals surface area (Å²) in [6.45, 7) is 3.33. The minimum Gasteiger partial charge on any atom is -0.494 e. The highest BCUT2D eigenvalue weighted by molar-refractivity contribution is 7.19. The molecule has 2 heterocycles. The molecule has 4 rings (SSSR count). The van der Waals surface area contributed by atoms with Crippen molar-refractivity contribution in [1.82, 2.24) is 4.90 Å². The lowest BCUT2D eigenvalue weighted by Crippen LogP contribution is -2.39. The van der Waals surface area contributed by atoms with Crippen LogP contribution in [0.4, 0.5) is 0 Å². The second kappa shape index (κ2) is 7.71. The monoisotopic (exact) mass is 381 g/mol. The van der Waals surface area contributed by atoms with Gasteiger partial charge in [-0.2, -0.15) is 0 Å². The number of hydrogen-bond acceptors (Lipinski definition) is 4. The maximum Gasteiger partial charge on any atom is 0.320 e. The molecule has 2 atom stereocenters. The van der Waals surface area contributed by atoms with Gasteiger partial charge in [-0.05, 0) is 43.4 Å². The number of rotatable bonds is 6. The van der Waals surface area contributed by atoms with Crippen LogP contribution >= 0.6 is 11.3 Å². The Balaban J connectivity index is 1.86. The van der Waals surface area contributed by atoms with Gasteiger partial charge in [0.2, 0.25) is 0 Å². The Labute approximate surface area is 163 Å². The molecule has 1 saturated heterocycles. The van der Waals surface area contributed by atoms with Gasteiger partial charge in [0.05, 0.1) is 12.6 Å². The number of carboxylic acid groups (broad SMARTS) is 1. The van der Waals surface area contributed by atoms with Gasteiger partial charge in [-0.15, -0.1) is 11.3 Å². The molecule has 0 aliphatic carbocycles. The first kappa shape index (κ1) is 18.0. The third-order valence-corrected chi connectivity index (χ3v) is 6.31. The summed E-state index contributed by atoms with van der Waals surface area (Å²) in [6.07, 6.45) is 1.59. The predicted molar refractivity (Wildman–Crippen MR) is 109 cm³/mol. The van der Waals surface area contributed by atoms with Crippen molar-refractivity contribution in [3.63, 3.8) is 0 Å². The fourth-order valence-corrected chi connectivity index (χ4v) is 5.19. The molecule has 2 unspecified atom stereocenters. The molecule has 5 heteroatoms. The van der Waals surface area contributed by atoms with Crippen LogP contribution < -0.4 is 4.74 Å². The summed E-state index contributed by atoms with van der Waals surface area (Å²) in [6, 6.07) is 17.9. The average Bonchev–Trinajstić information content (AvgIpc) is 3.31. The zero-order valence-corrected chi connectivity index (χ0v) is 16.1. The number of fused-ring (bicyclic) bond motifs is 1. The Kier molecular flexibility index (Phi) is 5.14. The topological polar surface area (TPSA) is 49.8 Å². The molecule has 0 saturated carbocycles. The van der Waals surface area contributed by atoms with E-state index in [0.717, 1.165) is 29.2 Å². The van der Waals surface area contributed by atoms with Gasteiger partial charge < -0.3 is 9.84 Å². The maximum atomic E-state index is 11.9. The van der Waals surface area contributed by atoms with E-state index in [2.05, 4.69) is 29.2 Å². The van der Waals surface area contributed by atoms with E-state index in [0.29, 0.717) is 13.0 Å². The number of nitrogens with zero attached hydrogens (tertiary/aromatic N) is 1. The van der Waals surface area contributed by atoms with E-state index >= 15 is 0 Å². The normalized spacial score (nSPS) is 18.6. The second-order valence-corrected chi connectivity index (χ2v) is 7.91. The van der Waals surface area contributed by atoms with E-state index in [1.54, 1.807) is 11.3 Å². The second-order valence-electron chi connectivity index (χ2n) is 6.79. The molecular formula is C22H23NO3S. The van der Waals surface area contributed by atoms with Crippen molar-refractivity contribution in [2.45, 2.75) is 31.8 Å². The van der Waals surface area contributed by atoms with Crippen molar-refractivity contribution in [3.8, 4) is 5.75 Å². The van der Waals surface area contributed by atoms with Gasteiger partial charge in [-0.3, -0.25) is 9.69 Å². The summed E-state index contributed by atoms with van der Waals surface area (Å²) in [5.41, 5.74) is 1.04. The van der Waals surface area contributed by atoms with Gasteiger partial charge in [0, 0.05) is 21.7 Å². The predicted octanol–water partition coefficient (Wildman–Crippen LogP) is 4.94. The molecule has 27 heavy (non-hydrogen) atoms. The molecule has 1 aromatic heterocycles. The van der Waals surface area contributed by atoms with Crippen LogP contribution in [0.25, 0.3) is 10.1 Å². The van der Waals surface area contributed by atoms with Gasteiger partial charge in [0.1, 0.15) is 11.8 Å². The number of ether oxygens (including phenoxy) is 1. The molecule has 1 aliphatic rings. The number of benzene rings is 2. The van der Waals surface area contributed by atoms with Crippen molar-refractivity contribution in [2.75, 3.05) is 13.2 Å². The summed E-state index contributed by atoms with van der Waals surface area (Å²) in [5, 5.41) is 11.0. The summed E-state index contributed by atoms with van der Waals surface area (Å²) >= 11 is 1.74. The standard InChI is InChI=1S/C22H23NO3S/c1-2-26-18-11-5-4-9-16(18)21(23-13-7-10-17(23)22(24)25)20-14-15-8-3-6-12-19(15)27-20/h3-6,8-9,11-12,14,17,21H,2,7,10,13H2,1H3,(H,24,25). The van der Waals surface area contributed by atoms with E-state index in [1.165, 1.54) is 10.1 Å². The van der Waals surface area contributed by atoms with Crippen LogP contribution in [-0.2, 0) is 4.79 Å². The first-order valence-electron chi connectivity index (χ1n) is 9.37. The first-order valence-corrected chi connectivity index (χ1v) is 10.2. The third-order valence-electron chi connectivity index (χ3n) is 5.14. The van der Waals surface area contributed by atoms with Crippen LogP contribution in [0, 0.1) is 0 Å². The van der Waals surface area contributed by atoms with Gasteiger partial charge >= 0.3 is 5.97 Å². The van der Waals surface area contributed by atoms with Crippen LogP contribution in [0.5, 0.6) is 5.75 Å². The zero-order valence-electron chi connectivity index (χ0n) is 15.3. The van der Waals surface area contributed by atoms with E-state index in [1.807, 2.05) is 37.3 Å². The Bertz CT molecular complexity index is 918. The van der Waals surface area contributed by atoms with Crippen molar-refractivity contribution in [2.24, 2.45) is 0 Å². The third kappa shape index (κ3) is 3.45. The molecule has 0 amide bonds. The number of carboxylic acids is 1. The van der Waals surface area contributed by atoms with Crippen LogP contribution in [-0.4, -0.2) is 35.2 Å². The van der Waals surface area contributed by atoms with Gasteiger partial charge in [0.15, 0.2) is 0 Å². The average molecular weight is 381 g/mol. The Morgan fingerprint density at radius 3 is 2.81 bits per heavy atom. The molecule has 0 bridgehead atoms. The fourth-order valence-electron chi connectivity index (χ4n) is 3.99. The zero-order chi connectivity index (χ0) is 18.8. The van der Waals surface area contributed by atoms with Crippen molar-refractivity contribution < 1.29 is 14.6 Å². The molecule has 3 aromatic rings. The highest BCUT2D eigenvalue weighted by Crippen LogP contribution is 2.43. The van der Waals surface area contributed by atoms with Crippen LogP contribution in [0.1, 0.15) is 36.2 Å². The summed E-state index contributed by atoms with van der Waals surface area (Å²) in [7, 11) is 0. The van der Waals surface area contributed by atoms with E-state index in [4.69, 9.17) is 4.74 Å². The highest BCUT2D eigenvalue weighted by atomic mass is 32.1. The summed E-state index contributed by atoms with van der Waals surface area (Å²) in [4.78, 5) is 15.2. The van der Waals surface area contributed by atoms with Crippen LogP contribution in [0.2, 0.25) is 0 Å². The number of thiophene rings is 1. The largest absolute Gasteiger partial charge is 0.494 e. The van der Waals surface area contributed by atoms with Crippen molar-refractivity contribution in [1.29, 1.82) is 0 Å². The molecule has 0 radical (unpaired) electrons. The number of hydrogen-bond donors (Lipinski definition) is 1. The first-order chi connectivity index (χ1) is 13.2. The smallest absolute Gasteiger partial charge is 0.320 e. The SMILES string of the molecule is CCOc1ccccc1C(c1cc2ccccc2s1)N1CCCC1C(=O)O. The molecule has 140 valence electrons. The molecule has 2 aromatic carbocycles. The van der Waals surface area contributed by atoms with Gasteiger partial charge in [0.25, 0.3) is 0 Å². The minimum atomic E-state index is -0.743. The lowest BCUT2D eigenvalue weighted by molar-refractivity contribution is -0.142. The van der Waals surface area contributed by atoms with Crippen molar-refractivity contribution in [3.05, 3.63) is 65.0 Å². The van der Waals surface area contributed by atoms with E-state index < -0.39 is 12.0 Å². The lowest BCUT2D eigenvalue weighted by atomic mass is 10.0. The van der Waals surface area contributed by atoms with Crippen molar-refractivity contribution >= 4 is 27.4 Å². The lowest BCUT2D eigenvalue weighted by Gasteiger charge is -2.32. The number of likely N-dealkylation sites (tertiary alicyclic amines) is 1.